The fraction of sp³-hybridized carbons (Fsp3) is 0.182. The highest BCUT2D eigenvalue weighted by Gasteiger charge is 2.06. The van der Waals surface area contributed by atoms with E-state index in [0.717, 1.165) is 19.5 Å². The van der Waals surface area contributed by atoms with E-state index in [0.29, 0.717) is 0 Å². The van der Waals surface area contributed by atoms with Gasteiger partial charge in [-0.2, -0.15) is 0 Å². The molecule has 0 saturated heterocycles. The Kier molecular flexibility index (Phi) is 2.66. The lowest BCUT2D eigenvalue weighted by molar-refractivity contribution is 1.33. The van der Waals surface area contributed by atoms with Gasteiger partial charge in [-0.25, -0.2) is 0 Å². The standard InChI is InChI=1S/C11H9ClIN/c1-6-3-7(2)11-8(4-6)10(12)9(13)5-14-11/h3-5H,1-2H3. The van der Waals surface area contributed by atoms with E-state index in [4.69, 9.17) is 11.6 Å². The monoisotopic (exact) mass is 317 g/mol. The van der Waals surface area contributed by atoms with Crippen molar-refractivity contribution >= 4 is 45.1 Å². The molecule has 0 radical (unpaired) electrons. The van der Waals surface area contributed by atoms with Crippen molar-refractivity contribution in [3.05, 3.63) is 38.0 Å². The number of halogens is 2. The molecule has 0 unspecified atom stereocenters. The van der Waals surface area contributed by atoms with Crippen LogP contribution in [0.5, 0.6) is 0 Å². The van der Waals surface area contributed by atoms with E-state index in [9.17, 15) is 0 Å². The Morgan fingerprint density at radius 3 is 2.71 bits per heavy atom. The van der Waals surface area contributed by atoms with Gasteiger partial charge in [0.05, 0.1) is 14.1 Å². The van der Waals surface area contributed by atoms with E-state index in [1.54, 1.807) is 0 Å². The molecule has 0 fully saturated rings. The van der Waals surface area contributed by atoms with Gasteiger partial charge < -0.3 is 0 Å². The first-order valence-corrected chi connectivity index (χ1v) is 5.76. The molecule has 1 heterocycles. The van der Waals surface area contributed by atoms with Crippen molar-refractivity contribution in [2.75, 3.05) is 0 Å². The van der Waals surface area contributed by atoms with Crippen molar-refractivity contribution in [2.45, 2.75) is 13.8 Å². The predicted octanol–water partition coefficient (Wildman–Crippen LogP) is 4.11. The Morgan fingerprint density at radius 2 is 2.00 bits per heavy atom. The van der Waals surface area contributed by atoms with Crippen molar-refractivity contribution in [1.82, 2.24) is 4.98 Å². The van der Waals surface area contributed by atoms with Crippen LogP contribution in [-0.2, 0) is 0 Å². The number of nitrogens with zero attached hydrogens (tertiary/aromatic N) is 1. The van der Waals surface area contributed by atoms with Gasteiger partial charge in [0.15, 0.2) is 0 Å². The van der Waals surface area contributed by atoms with Crippen LogP contribution >= 0.6 is 34.2 Å². The molecule has 72 valence electrons. The number of hydrogen-bond acceptors (Lipinski definition) is 1. The molecule has 1 aromatic heterocycles. The van der Waals surface area contributed by atoms with Gasteiger partial charge in [-0.05, 0) is 48.1 Å². The van der Waals surface area contributed by atoms with Crippen LogP contribution in [0, 0.1) is 17.4 Å². The van der Waals surface area contributed by atoms with Crippen LogP contribution in [0.25, 0.3) is 10.9 Å². The SMILES string of the molecule is Cc1cc(C)c2ncc(I)c(Cl)c2c1. The summed E-state index contributed by atoms with van der Waals surface area (Å²) in [4.78, 5) is 4.39. The summed E-state index contributed by atoms with van der Waals surface area (Å²) in [6.07, 6.45) is 1.81. The number of aryl methyl sites for hydroxylation is 2. The minimum Gasteiger partial charge on any atom is -0.255 e. The average Bonchev–Trinajstić information content (AvgIpc) is 2.12. The normalized spacial score (nSPS) is 10.9. The summed E-state index contributed by atoms with van der Waals surface area (Å²) in [5.41, 5.74) is 3.40. The molecule has 0 aliphatic rings. The molecule has 0 bridgehead atoms. The van der Waals surface area contributed by atoms with Gasteiger partial charge in [0.25, 0.3) is 0 Å². The summed E-state index contributed by atoms with van der Waals surface area (Å²) in [6, 6.07) is 4.21. The molecule has 0 amide bonds. The predicted molar refractivity (Wildman–Crippen MR) is 68.9 cm³/mol. The zero-order valence-corrected chi connectivity index (χ0v) is 10.8. The summed E-state index contributed by atoms with van der Waals surface area (Å²) in [7, 11) is 0. The first-order valence-electron chi connectivity index (χ1n) is 4.30. The van der Waals surface area contributed by atoms with Crippen molar-refractivity contribution in [2.24, 2.45) is 0 Å². The maximum Gasteiger partial charge on any atom is 0.0747 e. The molecule has 0 aliphatic heterocycles. The number of benzene rings is 1. The molecule has 3 heteroatoms. The Bertz CT molecular complexity index is 508. The second-order valence-electron chi connectivity index (χ2n) is 3.40. The molecule has 2 rings (SSSR count). The van der Waals surface area contributed by atoms with Gasteiger partial charge >= 0.3 is 0 Å². The van der Waals surface area contributed by atoms with Gasteiger partial charge in [-0.3, -0.25) is 4.98 Å². The third-order valence-electron chi connectivity index (χ3n) is 2.20. The highest BCUT2D eigenvalue weighted by molar-refractivity contribution is 14.1. The zero-order chi connectivity index (χ0) is 10.3. The smallest absolute Gasteiger partial charge is 0.0747 e. The largest absolute Gasteiger partial charge is 0.255 e. The number of aromatic nitrogens is 1. The summed E-state index contributed by atoms with van der Waals surface area (Å²) in [5, 5.41) is 1.86. The Balaban J connectivity index is 2.95. The molecule has 14 heavy (non-hydrogen) atoms. The molecular formula is C11H9ClIN. The molecule has 0 aliphatic carbocycles. The minimum atomic E-state index is 0.808. The average molecular weight is 318 g/mol. The molecule has 1 nitrogen and oxygen atoms in total. The minimum absolute atomic E-state index is 0.808. The lowest BCUT2D eigenvalue weighted by Crippen LogP contribution is -1.88. The fourth-order valence-corrected chi connectivity index (χ4v) is 2.23. The van der Waals surface area contributed by atoms with Crippen molar-refractivity contribution in [1.29, 1.82) is 0 Å². The maximum absolute atomic E-state index is 6.22. The molecule has 2 aromatic rings. The number of pyridine rings is 1. The van der Waals surface area contributed by atoms with Crippen LogP contribution in [0.15, 0.2) is 18.3 Å². The first kappa shape index (κ1) is 10.2. The van der Waals surface area contributed by atoms with Gasteiger partial charge in [-0.1, -0.05) is 23.2 Å². The van der Waals surface area contributed by atoms with Crippen LogP contribution in [0.1, 0.15) is 11.1 Å². The number of fused-ring (bicyclic) bond motifs is 1. The van der Waals surface area contributed by atoms with Gasteiger partial charge in [0.1, 0.15) is 0 Å². The molecule has 1 aromatic carbocycles. The van der Waals surface area contributed by atoms with Crippen LogP contribution in [0.2, 0.25) is 5.02 Å². The lowest BCUT2D eigenvalue weighted by Gasteiger charge is -2.06. The van der Waals surface area contributed by atoms with Crippen molar-refractivity contribution in [3.8, 4) is 0 Å². The summed E-state index contributed by atoms with van der Waals surface area (Å²) < 4.78 is 1.00. The van der Waals surface area contributed by atoms with E-state index in [1.165, 1.54) is 11.1 Å². The Morgan fingerprint density at radius 1 is 1.29 bits per heavy atom. The maximum atomic E-state index is 6.22. The van der Waals surface area contributed by atoms with Crippen LogP contribution in [0.3, 0.4) is 0 Å². The van der Waals surface area contributed by atoms with Gasteiger partial charge in [-0.15, -0.1) is 0 Å². The number of rotatable bonds is 0. The van der Waals surface area contributed by atoms with E-state index in [-0.39, 0.29) is 0 Å². The topological polar surface area (TPSA) is 12.9 Å². The third-order valence-corrected chi connectivity index (χ3v) is 3.74. The number of hydrogen-bond donors (Lipinski definition) is 0. The van der Waals surface area contributed by atoms with E-state index in [1.807, 2.05) is 6.20 Å². The molecule has 0 atom stereocenters. The third kappa shape index (κ3) is 1.61. The fourth-order valence-electron chi connectivity index (χ4n) is 1.61. The molecule has 0 spiro atoms. The summed E-state index contributed by atoms with van der Waals surface area (Å²) in [6.45, 7) is 4.13. The van der Waals surface area contributed by atoms with Crippen molar-refractivity contribution in [3.63, 3.8) is 0 Å². The molecule has 0 N–H and O–H groups in total. The highest BCUT2D eigenvalue weighted by atomic mass is 127. The van der Waals surface area contributed by atoms with E-state index >= 15 is 0 Å². The first-order chi connectivity index (χ1) is 6.59. The van der Waals surface area contributed by atoms with Gasteiger partial charge in [0, 0.05) is 11.6 Å². The molecule has 0 saturated carbocycles. The van der Waals surface area contributed by atoms with E-state index < -0.39 is 0 Å². The lowest BCUT2D eigenvalue weighted by atomic mass is 10.1. The quantitative estimate of drug-likeness (QED) is 0.666. The van der Waals surface area contributed by atoms with Crippen molar-refractivity contribution < 1.29 is 0 Å². The van der Waals surface area contributed by atoms with Gasteiger partial charge in [0.2, 0.25) is 0 Å². The summed E-state index contributed by atoms with van der Waals surface area (Å²) >= 11 is 8.42. The van der Waals surface area contributed by atoms with E-state index in [2.05, 4.69) is 53.6 Å². The van der Waals surface area contributed by atoms with Crippen LogP contribution in [-0.4, -0.2) is 4.98 Å². The second kappa shape index (κ2) is 3.66. The highest BCUT2D eigenvalue weighted by Crippen LogP contribution is 2.29. The van der Waals surface area contributed by atoms with Crippen LogP contribution < -0.4 is 0 Å². The second-order valence-corrected chi connectivity index (χ2v) is 4.94. The van der Waals surface area contributed by atoms with Crippen LogP contribution in [0.4, 0.5) is 0 Å². The molecular weight excluding hydrogens is 308 g/mol. The Labute approximate surface area is 102 Å². The summed E-state index contributed by atoms with van der Waals surface area (Å²) in [5.74, 6) is 0. The Hall–Kier alpha value is -0.350. The zero-order valence-electron chi connectivity index (χ0n) is 7.94.